The Bertz CT molecular complexity index is 1330. The molecule has 166 valence electrons. The van der Waals surface area contributed by atoms with Gasteiger partial charge in [0.2, 0.25) is 11.0 Å². The molecule has 1 spiro atoms. The standard InChI is InChI=1S/C23H20N6O2S2/c1-3-9-32-22-28-27-21(33-22)29-16-5-4-6-17(30)18(16)23(14(11-24)19(29)25)13-10-12(2)7-8-15(13)26-20(23)31/h3,7-8,10H,1,4-6,9,25H2,2H3,(H,26,31)/t23-/m0/s1. The number of rotatable bonds is 4. The Morgan fingerprint density at radius 1 is 1.39 bits per heavy atom. The molecule has 0 saturated heterocycles. The average molecular weight is 477 g/mol. The van der Waals surface area contributed by atoms with Crippen molar-refractivity contribution in [2.24, 2.45) is 5.73 Å². The number of anilines is 2. The van der Waals surface area contributed by atoms with Crippen LogP contribution in [0.1, 0.15) is 30.4 Å². The highest BCUT2D eigenvalue weighted by molar-refractivity contribution is 8.01. The number of carbonyl (C=O) groups excluding carboxylic acids is 2. The molecule has 0 saturated carbocycles. The predicted octanol–water partition coefficient (Wildman–Crippen LogP) is 3.54. The molecular formula is C23H20N6O2S2. The van der Waals surface area contributed by atoms with E-state index >= 15 is 0 Å². The van der Waals surface area contributed by atoms with E-state index in [0.717, 1.165) is 9.90 Å². The Morgan fingerprint density at radius 3 is 2.97 bits per heavy atom. The van der Waals surface area contributed by atoms with Crippen LogP contribution in [-0.2, 0) is 15.0 Å². The Morgan fingerprint density at radius 2 is 2.21 bits per heavy atom. The number of benzene rings is 1. The fourth-order valence-electron chi connectivity index (χ4n) is 4.80. The zero-order chi connectivity index (χ0) is 23.3. The molecule has 0 fully saturated rings. The number of carbonyl (C=O) groups is 2. The molecule has 3 aliphatic rings. The number of hydrogen-bond acceptors (Lipinski definition) is 9. The summed E-state index contributed by atoms with van der Waals surface area (Å²) in [6, 6.07) is 7.72. The van der Waals surface area contributed by atoms with E-state index in [1.54, 1.807) is 17.0 Å². The molecule has 2 aliphatic heterocycles. The van der Waals surface area contributed by atoms with Crippen LogP contribution in [0.3, 0.4) is 0 Å². The highest BCUT2D eigenvalue weighted by Gasteiger charge is 2.60. The fourth-order valence-corrected chi connectivity index (χ4v) is 6.45. The molecule has 1 atom stereocenters. The molecule has 33 heavy (non-hydrogen) atoms. The number of thioether (sulfide) groups is 1. The highest BCUT2D eigenvalue weighted by Crippen LogP contribution is 2.55. The molecule has 10 heteroatoms. The smallest absolute Gasteiger partial charge is 0.245 e. The van der Waals surface area contributed by atoms with Gasteiger partial charge in [-0.15, -0.1) is 16.8 Å². The first-order valence-corrected chi connectivity index (χ1v) is 12.2. The fraction of sp³-hybridized carbons (Fsp3) is 0.261. The summed E-state index contributed by atoms with van der Waals surface area (Å²) in [5.74, 6) is 0.197. The highest BCUT2D eigenvalue weighted by atomic mass is 32.2. The van der Waals surface area contributed by atoms with Crippen LogP contribution in [0.5, 0.6) is 0 Å². The third-order valence-electron chi connectivity index (χ3n) is 6.09. The maximum absolute atomic E-state index is 13.6. The van der Waals surface area contributed by atoms with Crippen LogP contribution in [0.25, 0.3) is 0 Å². The molecule has 0 unspecified atom stereocenters. The number of aryl methyl sites for hydroxylation is 1. The lowest BCUT2D eigenvalue weighted by molar-refractivity contribution is -0.122. The minimum absolute atomic E-state index is 0.0360. The summed E-state index contributed by atoms with van der Waals surface area (Å²) in [4.78, 5) is 28.7. The maximum Gasteiger partial charge on any atom is 0.245 e. The normalized spacial score (nSPS) is 21.8. The number of Topliss-reactive ketones (excluding diaryl/α,β-unsaturated/α-hetero) is 1. The molecule has 0 bridgehead atoms. The minimum Gasteiger partial charge on any atom is -0.384 e. The van der Waals surface area contributed by atoms with E-state index in [2.05, 4.69) is 28.2 Å². The third-order valence-corrected chi connectivity index (χ3v) is 8.13. The molecule has 1 aliphatic carbocycles. The number of fused-ring (bicyclic) bond motifs is 3. The Hall–Kier alpha value is -3.42. The van der Waals surface area contributed by atoms with Gasteiger partial charge in [-0.2, -0.15) is 5.26 Å². The number of allylic oxidation sites excluding steroid dienone is 1. The van der Waals surface area contributed by atoms with Crippen molar-refractivity contribution in [3.63, 3.8) is 0 Å². The third kappa shape index (κ3) is 2.96. The first-order valence-electron chi connectivity index (χ1n) is 10.4. The number of ketones is 1. The second kappa shape index (κ2) is 7.86. The van der Waals surface area contributed by atoms with E-state index in [1.807, 2.05) is 19.1 Å². The van der Waals surface area contributed by atoms with Gasteiger partial charge in [-0.25, -0.2) is 0 Å². The molecule has 8 nitrogen and oxygen atoms in total. The number of nitriles is 1. The number of nitrogens with zero attached hydrogens (tertiary/aromatic N) is 4. The summed E-state index contributed by atoms with van der Waals surface area (Å²) < 4.78 is 0.723. The van der Waals surface area contributed by atoms with Gasteiger partial charge in [-0.05, 0) is 25.8 Å². The first-order chi connectivity index (χ1) is 15.9. The summed E-state index contributed by atoms with van der Waals surface area (Å²) >= 11 is 2.81. The molecule has 1 aromatic carbocycles. The number of hydrogen-bond donors (Lipinski definition) is 2. The lowest BCUT2D eigenvalue weighted by Crippen LogP contribution is -2.50. The zero-order valence-corrected chi connectivity index (χ0v) is 19.5. The van der Waals surface area contributed by atoms with Crippen LogP contribution >= 0.6 is 23.1 Å². The van der Waals surface area contributed by atoms with E-state index < -0.39 is 11.3 Å². The first kappa shape index (κ1) is 21.4. The van der Waals surface area contributed by atoms with Crippen molar-refractivity contribution in [3.8, 4) is 6.07 Å². The molecule has 3 heterocycles. The van der Waals surface area contributed by atoms with Gasteiger partial charge >= 0.3 is 0 Å². The molecule has 1 aromatic heterocycles. The summed E-state index contributed by atoms with van der Waals surface area (Å²) in [7, 11) is 0. The lowest BCUT2D eigenvalue weighted by Gasteiger charge is -2.42. The van der Waals surface area contributed by atoms with Crippen LogP contribution < -0.4 is 16.0 Å². The van der Waals surface area contributed by atoms with Crippen molar-refractivity contribution in [1.82, 2.24) is 10.2 Å². The predicted molar refractivity (Wildman–Crippen MR) is 128 cm³/mol. The molecular weight excluding hydrogens is 456 g/mol. The topological polar surface area (TPSA) is 125 Å². The summed E-state index contributed by atoms with van der Waals surface area (Å²) in [6.45, 7) is 5.63. The Kier molecular flexibility index (Phi) is 5.11. The van der Waals surface area contributed by atoms with Crippen molar-refractivity contribution < 1.29 is 9.59 Å². The van der Waals surface area contributed by atoms with Crippen molar-refractivity contribution in [2.45, 2.75) is 35.9 Å². The Balaban J connectivity index is 1.79. The van der Waals surface area contributed by atoms with E-state index in [1.165, 1.54) is 23.1 Å². The molecule has 0 radical (unpaired) electrons. The van der Waals surface area contributed by atoms with Gasteiger partial charge < -0.3 is 11.1 Å². The van der Waals surface area contributed by atoms with E-state index in [9.17, 15) is 14.9 Å². The quantitative estimate of drug-likeness (QED) is 0.507. The molecule has 5 rings (SSSR count). The monoisotopic (exact) mass is 476 g/mol. The van der Waals surface area contributed by atoms with Crippen LogP contribution in [0.2, 0.25) is 0 Å². The van der Waals surface area contributed by atoms with E-state index in [4.69, 9.17) is 5.73 Å². The second-order valence-corrected chi connectivity index (χ2v) is 10.2. The van der Waals surface area contributed by atoms with Crippen molar-refractivity contribution in [2.75, 3.05) is 16.0 Å². The molecule has 3 N–H and O–H groups in total. The van der Waals surface area contributed by atoms with Gasteiger partial charge in [0, 0.05) is 34.7 Å². The molecule has 1 amide bonds. The van der Waals surface area contributed by atoms with Crippen molar-refractivity contribution in [3.05, 3.63) is 64.6 Å². The minimum atomic E-state index is -1.56. The van der Waals surface area contributed by atoms with Gasteiger partial charge in [0.25, 0.3) is 0 Å². The van der Waals surface area contributed by atoms with E-state index in [-0.39, 0.29) is 17.2 Å². The van der Waals surface area contributed by atoms with Gasteiger partial charge in [0.05, 0.1) is 5.57 Å². The van der Waals surface area contributed by atoms with Crippen LogP contribution in [0.4, 0.5) is 10.8 Å². The number of nitrogens with two attached hydrogens (primary N) is 1. The number of aromatic nitrogens is 2. The second-order valence-electron chi connectivity index (χ2n) is 8.01. The summed E-state index contributed by atoms with van der Waals surface area (Å²) in [6.07, 6.45) is 3.24. The average Bonchev–Trinajstić information content (AvgIpc) is 3.36. The molecule has 2 aromatic rings. The SMILES string of the molecule is C=CCSc1nnc(N2C(N)=C(C#N)[C@]3(C(=O)Nc4ccc(C)cc43)C3=C2CCCC3=O)s1. The van der Waals surface area contributed by atoms with Crippen molar-refractivity contribution >= 4 is 45.6 Å². The largest absolute Gasteiger partial charge is 0.384 e. The van der Waals surface area contributed by atoms with Crippen LogP contribution in [-0.4, -0.2) is 27.6 Å². The van der Waals surface area contributed by atoms with Gasteiger partial charge in [0.15, 0.2) is 10.1 Å². The zero-order valence-electron chi connectivity index (χ0n) is 17.8. The summed E-state index contributed by atoms with van der Waals surface area (Å²) in [5.41, 5.74) is 8.12. The lowest BCUT2D eigenvalue weighted by atomic mass is 9.64. The van der Waals surface area contributed by atoms with E-state index in [0.29, 0.717) is 52.7 Å². The van der Waals surface area contributed by atoms with Gasteiger partial charge in [-0.1, -0.05) is 46.9 Å². The van der Waals surface area contributed by atoms with Crippen LogP contribution in [0.15, 0.2) is 57.9 Å². The van der Waals surface area contributed by atoms with Gasteiger partial charge in [-0.3, -0.25) is 14.5 Å². The van der Waals surface area contributed by atoms with Gasteiger partial charge in [0.1, 0.15) is 17.3 Å². The maximum atomic E-state index is 13.6. The number of amides is 1. The van der Waals surface area contributed by atoms with Crippen LogP contribution in [0, 0.1) is 18.3 Å². The summed E-state index contributed by atoms with van der Waals surface area (Å²) in [5, 5.41) is 22.1. The number of nitrogens with one attached hydrogen (secondary N) is 1. The van der Waals surface area contributed by atoms with Crippen molar-refractivity contribution in [1.29, 1.82) is 5.26 Å². The Labute approximate surface area is 198 Å².